The van der Waals surface area contributed by atoms with E-state index in [4.69, 9.17) is 4.74 Å². The Morgan fingerprint density at radius 1 is 1.03 bits per heavy atom. The van der Waals surface area contributed by atoms with Crippen LogP contribution in [-0.4, -0.2) is 28.4 Å². The third-order valence-corrected chi connectivity index (χ3v) is 6.78. The lowest BCUT2D eigenvalue weighted by Crippen LogP contribution is -2.37. The lowest BCUT2D eigenvalue weighted by Gasteiger charge is -2.31. The molecule has 0 radical (unpaired) electrons. The topological polar surface area (TPSA) is 46.5 Å². The standard InChI is InChI=1S/C28H27N3O2S/c1-3-33-23-15-13-20(14-16-23)27-26-12-7-17-30(26)25-11-5-4-8-21(25)19-31(27)28(32)29-22-9-6-10-24(18-22)34-2/h4-18,27H,3,19H2,1-2H3,(H,29,32). The largest absolute Gasteiger partial charge is 0.494 e. The molecule has 1 aromatic heterocycles. The zero-order valence-electron chi connectivity index (χ0n) is 19.3. The molecule has 6 heteroatoms. The minimum Gasteiger partial charge on any atom is -0.494 e. The molecule has 1 N–H and O–H groups in total. The van der Waals surface area contributed by atoms with Gasteiger partial charge in [-0.25, -0.2) is 4.79 Å². The van der Waals surface area contributed by atoms with Crippen LogP contribution in [0.4, 0.5) is 10.5 Å². The van der Waals surface area contributed by atoms with E-state index in [1.165, 1.54) is 0 Å². The minimum absolute atomic E-state index is 0.137. The lowest BCUT2D eigenvalue weighted by molar-refractivity contribution is 0.194. The smallest absolute Gasteiger partial charge is 0.322 e. The summed E-state index contributed by atoms with van der Waals surface area (Å²) in [6.07, 6.45) is 4.10. The van der Waals surface area contributed by atoms with E-state index in [2.05, 4.69) is 46.4 Å². The van der Waals surface area contributed by atoms with Crippen molar-refractivity contribution in [3.63, 3.8) is 0 Å². The number of nitrogens with zero attached hydrogens (tertiary/aromatic N) is 2. The Hall–Kier alpha value is -3.64. The van der Waals surface area contributed by atoms with E-state index in [1.807, 2.05) is 72.7 Å². The van der Waals surface area contributed by atoms with Crippen LogP contribution in [0.5, 0.6) is 5.75 Å². The van der Waals surface area contributed by atoms with E-state index in [1.54, 1.807) is 11.8 Å². The quantitative estimate of drug-likeness (QED) is 0.330. The van der Waals surface area contributed by atoms with E-state index < -0.39 is 0 Å². The van der Waals surface area contributed by atoms with Crippen LogP contribution in [0.1, 0.15) is 29.8 Å². The average Bonchev–Trinajstić information content (AvgIpc) is 3.29. The van der Waals surface area contributed by atoms with Crippen molar-refractivity contribution in [1.29, 1.82) is 0 Å². The van der Waals surface area contributed by atoms with Crippen molar-refractivity contribution < 1.29 is 9.53 Å². The molecule has 5 nitrogen and oxygen atoms in total. The van der Waals surface area contributed by atoms with Gasteiger partial charge in [0.25, 0.3) is 0 Å². The third-order valence-electron chi connectivity index (χ3n) is 6.05. The first-order valence-electron chi connectivity index (χ1n) is 11.4. The summed E-state index contributed by atoms with van der Waals surface area (Å²) in [6, 6.07) is 28.0. The number of para-hydroxylation sites is 1. The first-order valence-corrected chi connectivity index (χ1v) is 12.6. The van der Waals surface area contributed by atoms with Crippen LogP contribution < -0.4 is 10.1 Å². The maximum Gasteiger partial charge on any atom is 0.322 e. The molecule has 1 aliphatic rings. The molecule has 34 heavy (non-hydrogen) atoms. The number of thioether (sulfide) groups is 1. The van der Waals surface area contributed by atoms with Crippen LogP contribution in [0, 0.1) is 0 Å². The summed E-state index contributed by atoms with van der Waals surface area (Å²) in [4.78, 5) is 16.8. The van der Waals surface area contributed by atoms with E-state index in [9.17, 15) is 4.79 Å². The molecule has 3 aromatic carbocycles. The molecule has 1 unspecified atom stereocenters. The maximum atomic E-state index is 13.8. The predicted molar refractivity (Wildman–Crippen MR) is 138 cm³/mol. The number of hydrogen-bond acceptors (Lipinski definition) is 3. The Bertz CT molecular complexity index is 1300. The van der Waals surface area contributed by atoms with Gasteiger partial charge in [-0.1, -0.05) is 36.4 Å². The molecule has 0 aliphatic carbocycles. The number of carbonyl (C=O) groups excluding carboxylic acids is 1. The number of fused-ring (bicyclic) bond motifs is 3. The van der Waals surface area contributed by atoms with Gasteiger partial charge in [-0.15, -0.1) is 11.8 Å². The predicted octanol–water partition coefficient (Wildman–Crippen LogP) is 6.74. The minimum atomic E-state index is -0.262. The molecule has 0 saturated heterocycles. The monoisotopic (exact) mass is 469 g/mol. The lowest BCUT2D eigenvalue weighted by atomic mass is 10.0. The van der Waals surface area contributed by atoms with Gasteiger partial charge in [0.2, 0.25) is 0 Å². The van der Waals surface area contributed by atoms with Gasteiger partial charge in [0, 0.05) is 22.5 Å². The number of amides is 2. The summed E-state index contributed by atoms with van der Waals surface area (Å²) in [5.41, 5.74) is 5.06. The summed E-state index contributed by atoms with van der Waals surface area (Å²) < 4.78 is 7.85. The Morgan fingerprint density at radius 2 is 1.85 bits per heavy atom. The molecule has 0 saturated carbocycles. The Kier molecular flexibility index (Phi) is 6.32. The number of hydrogen-bond donors (Lipinski definition) is 1. The molecule has 2 heterocycles. The fraction of sp³-hybridized carbons (Fsp3) is 0.179. The second-order valence-electron chi connectivity index (χ2n) is 8.13. The van der Waals surface area contributed by atoms with E-state index in [0.29, 0.717) is 13.2 Å². The zero-order valence-corrected chi connectivity index (χ0v) is 20.1. The fourth-order valence-corrected chi connectivity index (χ4v) is 4.96. The van der Waals surface area contributed by atoms with Crippen molar-refractivity contribution >= 4 is 23.5 Å². The number of urea groups is 1. The van der Waals surface area contributed by atoms with Crippen LogP contribution in [-0.2, 0) is 6.54 Å². The SMILES string of the molecule is CCOc1ccc(C2c3cccn3-c3ccccc3CN2C(=O)Nc2cccc(SC)c2)cc1. The highest BCUT2D eigenvalue weighted by molar-refractivity contribution is 7.98. The summed E-state index contributed by atoms with van der Waals surface area (Å²) in [6.45, 7) is 3.08. The van der Waals surface area contributed by atoms with Crippen LogP contribution in [0.2, 0.25) is 0 Å². The molecule has 172 valence electrons. The molecule has 1 aliphatic heterocycles. The zero-order chi connectivity index (χ0) is 23.5. The van der Waals surface area contributed by atoms with Gasteiger partial charge in [0.15, 0.2) is 0 Å². The number of rotatable bonds is 5. The van der Waals surface area contributed by atoms with Gasteiger partial charge in [-0.3, -0.25) is 0 Å². The number of nitrogens with one attached hydrogen (secondary N) is 1. The van der Waals surface area contributed by atoms with Crippen molar-refractivity contribution in [3.8, 4) is 11.4 Å². The average molecular weight is 470 g/mol. The number of ether oxygens (including phenoxy) is 1. The number of anilines is 1. The highest BCUT2D eigenvalue weighted by atomic mass is 32.2. The van der Waals surface area contributed by atoms with E-state index in [0.717, 1.165) is 38.8 Å². The highest BCUT2D eigenvalue weighted by Crippen LogP contribution is 2.37. The molecule has 0 spiro atoms. The van der Waals surface area contributed by atoms with Gasteiger partial charge in [-0.2, -0.15) is 0 Å². The summed E-state index contributed by atoms with van der Waals surface area (Å²) in [7, 11) is 0. The van der Waals surface area contributed by atoms with E-state index in [-0.39, 0.29) is 12.1 Å². The van der Waals surface area contributed by atoms with Crippen LogP contribution in [0.25, 0.3) is 5.69 Å². The molecule has 0 bridgehead atoms. The Labute approximate surface area is 204 Å². The van der Waals surface area contributed by atoms with Crippen molar-refractivity contribution in [2.45, 2.75) is 24.4 Å². The van der Waals surface area contributed by atoms with Crippen molar-refractivity contribution in [2.75, 3.05) is 18.2 Å². The van der Waals surface area contributed by atoms with Gasteiger partial charge in [-0.05, 0) is 72.8 Å². The van der Waals surface area contributed by atoms with Crippen LogP contribution in [0.3, 0.4) is 0 Å². The van der Waals surface area contributed by atoms with Gasteiger partial charge in [0.05, 0.1) is 24.9 Å². The third kappa shape index (κ3) is 4.29. The Morgan fingerprint density at radius 3 is 2.65 bits per heavy atom. The number of carbonyl (C=O) groups is 1. The summed E-state index contributed by atoms with van der Waals surface area (Å²) >= 11 is 1.65. The second-order valence-corrected chi connectivity index (χ2v) is 9.01. The van der Waals surface area contributed by atoms with Crippen molar-refractivity contribution in [1.82, 2.24) is 9.47 Å². The molecule has 4 aromatic rings. The fourth-order valence-electron chi connectivity index (χ4n) is 4.50. The van der Waals surface area contributed by atoms with Gasteiger partial charge in [0.1, 0.15) is 5.75 Å². The first-order chi connectivity index (χ1) is 16.7. The maximum absolute atomic E-state index is 13.8. The van der Waals surface area contributed by atoms with Crippen LogP contribution >= 0.6 is 11.8 Å². The number of aromatic nitrogens is 1. The Balaban J connectivity index is 1.58. The van der Waals surface area contributed by atoms with Crippen LogP contribution in [0.15, 0.2) is 96.0 Å². The molecule has 5 rings (SSSR count). The summed E-state index contributed by atoms with van der Waals surface area (Å²) in [5, 5.41) is 3.14. The number of benzene rings is 3. The first kappa shape index (κ1) is 22.2. The highest BCUT2D eigenvalue weighted by Gasteiger charge is 2.33. The normalized spacial score (nSPS) is 14.6. The summed E-state index contributed by atoms with van der Waals surface area (Å²) in [5.74, 6) is 0.823. The van der Waals surface area contributed by atoms with Gasteiger partial charge < -0.3 is 19.5 Å². The van der Waals surface area contributed by atoms with Gasteiger partial charge >= 0.3 is 6.03 Å². The second kappa shape index (κ2) is 9.69. The molecule has 0 fully saturated rings. The molecular weight excluding hydrogens is 442 g/mol. The molecule has 2 amide bonds. The van der Waals surface area contributed by atoms with E-state index >= 15 is 0 Å². The molecule has 1 atom stereocenters. The van der Waals surface area contributed by atoms with Crippen molar-refractivity contribution in [3.05, 3.63) is 108 Å². The molecular formula is C28H27N3O2S. The van der Waals surface area contributed by atoms with Crippen molar-refractivity contribution in [2.24, 2.45) is 0 Å².